The van der Waals surface area contributed by atoms with Gasteiger partial charge in [-0.25, -0.2) is 0 Å². The molecule has 4 heteroatoms. The number of nitrogens with two attached hydrogens (primary N) is 1. The topological polar surface area (TPSA) is 51.4 Å². The minimum Gasteiger partial charge on any atom is -0.497 e. The first-order valence-corrected chi connectivity index (χ1v) is 8.10. The van der Waals surface area contributed by atoms with Crippen molar-refractivity contribution in [3.05, 3.63) is 23.5 Å². The predicted molar refractivity (Wildman–Crippen MR) is 86.5 cm³/mol. The van der Waals surface area contributed by atoms with Gasteiger partial charge < -0.3 is 10.5 Å². The van der Waals surface area contributed by atoms with Crippen molar-refractivity contribution in [2.75, 3.05) is 20.2 Å². The number of rotatable bonds is 6. The van der Waals surface area contributed by atoms with Gasteiger partial charge in [0.25, 0.3) is 0 Å². The summed E-state index contributed by atoms with van der Waals surface area (Å²) in [6.45, 7) is 6.84. The highest BCUT2D eigenvalue weighted by molar-refractivity contribution is 5.26. The van der Waals surface area contributed by atoms with E-state index in [0.29, 0.717) is 0 Å². The van der Waals surface area contributed by atoms with Crippen molar-refractivity contribution < 1.29 is 4.74 Å². The van der Waals surface area contributed by atoms with Crippen LogP contribution < -0.4 is 10.5 Å². The summed E-state index contributed by atoms with van der Waals surface area (Å²) in [5.74, 6) is 0.888. The molecule has 0 amide bonds. The Balaban J connectivity index is 2.19. The Morgan fingerprint density at radius 1 is 1.29 bits per heavy atom. The van der Waals surface area contributed by atoms with Crippen molar-refractivity contribution in [2.24, 2.45) is 5.73 Å². The van der Waals surface area contributed by atoms with Gasteiger partial charge in [-0.3, -0.25) is 9.88 Å². The third kappa shape index (κ3) is 3.74. The Kier molecular flexibility index (Phi) is 5.59. The van der Waals surface area contributed by atoms with E-state index < -0.39 is 0 Å². The van der Waals surface area contributed by atoms with Gasteiger partial charge in [-0.1, -0.05) is 26.2 Å². The van der Waals surface area contributed by atoms with E-state index >= 15 is 0 Å². The molecule has 0 unspecified atom stereocenters. The Morgan fingerprint density at radius 3 is 2.57 bits per heavy atom. The molecule has 1 aliphatic rings. The van der Waals surface area contributed by atoms with Crippen molar-refractivity contribution in [1.29, 1.82) is 0 Å². The van der Waals surface area contributed by atoms with E-state index in [1.165, 1.54) is 32.1 Å². The van der Waals surface area contributed by atoms with Crippen LogP contribution >= 0.6 is 0 Å². The van der Waals surface area contributed by atoms with Crippen molar-refractivity contribution in [2.45, 2.75) is 58.0 Å². The van der Waals surface area contributed by atoms with Gasteiger partial charge in [-0.15, -0.1) is 0 Å². The molecule has 0 spiro atoms. The van der Waals surface area contributed by atoms with Crippen LogP contribution in [0.2, 0.25) is 0 Å². The van der Waals surface area contributed by atoms with Crippen LogP contribution in [0.4, 0.5) is 0 Å². The molecule has 1 aliphatic carbocycles. The second-order valence-electron chi connectivity index (χ2n) is 6.14. The number of likely N-dealkylation sites (N-methyl/N-ethyl adjacent to an activating group) is 1. The maximum absolute atomic E-state index is 6.17. The number of hydrogen-bond acceptors (Lipinski definition) is 4. The number of ether oxygens (including phenoxy) is 1. The number of hydrogen-bond donors (Lipinski definition) is 1. The Labute approximate surface area is 128 Å². The number of nitrogens with zero attached hydrogens (tertiary/aromatic N) is 2. The molecule has 0 aliphatic heterocycles. The minimum atomic E-state index is 0.158. The molecule has 1 aromatic heterocycles. The predicted octanol–water partition coefficient (Wildman–Crippen LogP) is 2.88. The van der Waals surface area contributed by atoms with E-state index in [9.17, 15) is 0 Å². The lowest BCUT2D eigenvalue weighted by Crippen LogP contribution is -2.54. The molecule has 118 valence electrons. The van der Waals surface area contributed by atoms with Crippen LogP contribution in [-0.4, -0.2) is 35.6 Å². The Bertz CT molecular complexity index is 455. The fourth-order valence-electron chi connectivity index (χ4n) is 3.57. The molecule has 0 radical (unpaired) electrons. The highest BCUT2D eigenvalue weighted by atomic mass is 16.5. The van der Waals surface area contributed by atoms with E-state index in [4.69, 9.17) is 10.5 Å². The molecule has 0 atom stereocenters. The maximum Gasteiger partial charge on any atom is 0.122 e. The van der Waals surface area contributed by atoms with Crippen LogP contribution in [0.3, 0.4) is 0 Å². The fourth-order valence-corrected chi connectivity index (χ4v) is 3.57. The Hall–Kier alpha value is -1.13. The minimum absolute atomic E-state index is 0.158. The summed E-state index contributed by atoms with van der Waals surface area (Å²) in [5, 5.41) is 0. The zero-order valence-electron chi connectivity index (χ0n) is 13.7. The summed E-state index contributed by atoms with van der Waals surface area (Å²) in [5.41, 5.74) is 8.41. The van der Waals surface area contributed by atoms with Crippen molar-refractivity contribution >= 4 is 0 Å². The fraction of sp³-hybridized carbons (Fsp3) is 0.706. The molecular formula is C17H29N3O. The third-order valence-corrected chi connectivity index (χ3v) is 4.79. The van der Waals surface area contributed by atoms with Gasteiger partial charge in [-0.2, -0.15) is 0 Å². The van der Waals surface area contributed by atoms with Crippen molar-refractivity contribution in [3.8, 4) is 5.75 Å². The van der Waals surface area contributed by atoms with E-state index in [1.54, 1.807) is 7.11 Å². The van der Waals surface area contributed by atoms with Gasteiger partial charge in [0.15, 0.2) is 0 Å². The lowest BCUT2D eigenvalue weighted by molar-refractivity contribution is 0.0534. The summed E-state index contributed by atoms with van der Waals surface area (Å²) in [7, 11) is 1.71. The third-order valence-electron chi connectivity index (χ3n) is 4.79. The zero-order valence-corrected chi connectivity index (χ0v) is 13.7. The first-order valence-electron chi connectivity index (χ1n) is 8.10. The average Bonchev–Trinajstić information content (AvgIpc) is 2.52. The number of aromatic nitrogens is 1. The van der Waals surface area contributed by atoms with Crippen LogP contribution in [-0.2, 0) is 6.54 Å². The van der Waals surface area contributed by atoms with Gasteiger partial charge in [-0.05, 0) is 26.3 Å². The van der Waals surface area contributed by atoms with Gasteiger partial charge in [0.1, 0.15) is 5.75 Å². The molecule has 1 heterocycles. The van der Waals surface area contributed by atoms with Crippen molar-refractivity contribution in [3.63, 3.8) is 0 Å². The number of aryl methyl sites for hydroxylation is 1. The maximum atomic E-state index is 6.17. The van der Waals surface area contributed by atoms with E-state index in [1.807, 2.05) is 19.1 Å². The highest BCUT2D eigenvalue weighted by Gasteiger charge is 2.36. The van der Waals surface area contributed by atoms with Crippen LogP contribution in [0, 0.1) is 6.92 Å². The van der Waals surface area contributed by atoms with Gasteiger partial charge in [0, 0.05) is 36.5 Å². The second-order valence-corrected chi connectivity index (χ2v) is 6.14. The lowest BCUT2D eigenvalue weighted by atomic mass is 9.80. The summed E-state index contributed by atoms with van der Waals surface area (Å²) < 4.78 is 5.36. The summed E-state index contributed by atoms with van der Waals surface area (Å²) in [6.07, 6.45) is 6.34. The van der Waals surface area contributed by atoms with Crippen LogP contribution in [0.1, 0.15) is 50.4 Å². The molecule has 4 nitrogen and oxygen atoms in total. The molecule has 0 aromatic carbocycles. The van der Waals surface area contributed by atoms with Crippen LogP contribution in [0.5, 0.6) is 5.75 Å². The second kappa shape index (κ2) is 7.23. The molecule has 2 rings (SSSR count). The first-order chi connectivity index (χ1) is 10.1. The van der Waals surface area contributed by atoms with Gasteiger partial charge in [0.05, 0.1) is 12.8 Å². The summed E-state index contributed by atoms with van der Waals surface area (Å²) in [4.78, 5) is 7.19. The SMILES string of the molecule is CCN(Cc1cc(OC)cc(C)n1)C1(CN)CCCCC1. The smallest absolute Gasteiger partial charge is 0.122 e. The first kappa shape index (κ1) is 16.2. The van der Waals surface area contributed by atoms with Crippen LogP contribution in [0.15, 0.2) is 12.1 Å². The normalized spacial score (nSPS) is 18.0. The average molecular weight is 291 g/mol. The number of methoxy groups -OCH3 is 1. The molecule has 1 fully saturated rings. The number of pyridine rings is 1. The molecule has 2 N–H and O–H groups in total. The van der Waals surface area contributed by atoms with Gasteiger partial charge >= 0.3 is 0 Å². The Morgan fingerprint density at radius 2 is 2.00 bits per heavy atom. The monoisotopic (exact) mass is 291 g/mol. The molecular weight excluding hydrogens is 262 g/mol. The van der Waals surface area contributed by atoms with Crippen molar-refractivity contribution in [1.82, 2.24) is 9.88 Å². The molecule has 21 heavy (non-hydrogen) atoms. The van der Waals surface area contributed by atoms with E-state index in [-0.39, 0.29) is 5.54 Å². The van der Waals surface area contributed by atoms with Gasteiger partial charge in [0.2, 0.25) is 0 Å². The molecule has 1 aromatic rings. The van der Waals surface area contributed by atoms with Crippen LogP contribution in [0.25, 0.3) is 0 Å². The highest BCUT2D eigenvalue weighted by Crippen LogP contribution is 2.34. The summed E-state index contributed by atoms with van der Waals surface area (Å²) in [6, 6.07) is 4.02. The molecule has 0 saturated heterocycles. The quantitative estimate of drug-likeness (QED) is 0.875. The standard InChI is InChI=1S/C17H29N3O/c1-4-20(17(13-18)8-6-5-7-9-17)12-15-11-16(21-3)10-14(2)19-15/h10-11H,4-9,12-13,18H2,1-3H3. The molecule has 1 saturated carbocycles. The summed E-state index contributed by atoms with van der Waals surface area (Å²) >= 11 is 0. The zero-order chi connectivity index (χ0) is 15.3. The largest absolute Gasteiger partial charge is 0.497 e. The lowest BCUT2D eigenvalue weighted by Gasteiger charge is -2.45. The molecule has 0 bridgehead atoms. The van der Waals surface area contributed by atoms with E-state index in [0.717, 1.165) is 36.8 Å². The van der Waals surface area contributed by atoms with E-state index in [2.05, 4.69) is 16.8 Å².